The first kappa shape index (κ1) is 13.2. The Labute approximate surface area is 98.1 Å². The van der Waals surface area contributed by atoms with Crippen molar-refractivity contribution >= 4 is 11.9 Å². The number of carboxylic acids is 1. The molecule has 0 aliphatic carbocycles. The molecule has 1 heterocycles. The number of carboxylic acid groups (broad SMARTS) is 1. The number of rotatable bonds is 3. The molecular formula is C11H14O6. The van der Waals surface area contributed by atoms with Gasteiger partial charge in [0.25, 0.3) is 0 Å². The molecule has 0 spiro atoms. The minimum Gasteiger partial charge on any atom is -0.481 e. The normalized spacial score (nSPS) is 26.1. The number of allylic oxidation sites excluding steroid dienone is 1. The summed E-state index contributed by atoms with van der Waals surface area (Å²) in [6, 6.07) is 0. The van der Waals surface area contributed by atoms with Gasteiger partial charge in [0.15, 0.2) is 0 Å². The van der Waals surface area contributed by atoms with E-state index in [1.807, 2.05) is 0 Å². The minimum absolute atomic E-state index is 0.0910. The summed E-state index contributed by atoms with van der Waals surface area (Å²) in [5, 5.41) is 18.4. The highest BCUT2D eigenvalue weighted by molar-refractivity contribution is 5.90. The maximum atomic E-state index is 11.5. The largest absolute Gasteiger partial charge is 0.481 e. The van der Waals surface area contributed by atoms with E-state index in [1.54, 1.807) is 6.92 Å². The predicted molar refractivity (Wildman–Crippen MR) is 56.7 cm³/mol. The van der Waals surface area contributed by atoms with E-state index in [2.05, 4.69) is 4.74 Å². The fraction of sp³-hybridized carbons (Fsp3) is 0.455. The smallest absolute Gasteiger partial charge is 0.337 e. The molecule has 1 aliphatic rings. The Balaban J connectivity index is 3.09. The summed E-state index contributed by atoms with van der Waals surface area (Å²) >= 11 is 0. The van der Waals surface area contributed by atoms with Crippen LogP contribution in [-0.4, -0.2) is 35.6 Å². The van der Waals surface area contributed by atoms with Crippen LogP contribution >= 0.6 is 0 Å². The Morgan fingerprint density at radius 3 is 2.71 bits per heavy atom. The number of aliphatic carboxylic acids is 1. The average molecular weight is 242 g/mol. The lowest BCUT2D eigenvalue weighted by molar-refractivity contribution is -0.139. The number of hydrogen-bond acceptors (Lipinski definition) is 5. The summed E-state index contributed by atoms with van der Waals surface area (Å²) in [6.07, 6.45) is 1.06. The van der Waals surface area contributed by atoms with Crippen LogP contribution in [0.3, 0.4) is 0 Å². The fourth-order valence-corrected chi connectivity index (χ4v) is 1.70. The van der Waals surface area contributed by atoms with E-state index in [0.29, 0.717) is 5.57 Å². The van der Waals surface area contributed by atoms with Crippen LogP contribution in [0.4, 0.5) is 0 Å². The summed E-state index contributed by atoms with van der Waals surface area (Å²) in [4.78, 5) is 22.2. The van der Waals surface area contributed by atoms with Crippen LogP contribution in [-0.2, 0) is 19.1 Å². The van der Waals surface area contributed by atoms with E-state index in [0.717, 1.165) is 6.26 Å². The van der Waals surface area contributed by atoms with Gasteiger partial charge in [0, 0.05) is 11.5 Å². The second-order valence-electron chi connectivity index (χ2n) is 3.49. The van der Waals surface area contributed by atoms with Gasteiger partial charge in [-0.25, -0.2) is 4.79 Å². The Kier molecular flexibility index (Phi) is 4.28. The van der Waals surface area contributed by atoms with Crippen molar-refractivity contribution in [2.45, 2.75) is 19.6 Å². The summed E-state index contributed by atoms with van der Waals surface area (Å²) in [7, 11) is 1.20. The standard InChI is InChI=1S/C11H14O6/c1-3-6-7(4-9(12)13)8(10(14)16-2)5-17-11(6)15/h3,5,7,11,15H,4H2,1-2H3,(H,12,13)/b6-3-. The van der Waals surface area contributed by atoms with Crippen molar-refractivity contribution in [1.82, 2.24) is 0 Å². The van der Waals surface area contributed by atoms with Crippen molar-refractivity contribution in [3.05, 3.63) is 23.5 Å². The van der Waals surface area contributed by atoms with Crippen molar-refractivity contribution in [1.29, 1.82) is 0 Å². The molecule has 6 heteroatoms. The Morgan fingerprint density at radius 2 is 2.24 bits per heavy atom. The number of hydrogen-bond donors (Lipinski definition) is 2. The molecule has 0 amide bonds. The van der Waals surface area contributed by atoms with Gasteiger partial charge in [0.05, 0.1) is 25.4 Å². The zero-order valence-electron chi connectivity index (χ0n) is 9.54. The van der Waals surface area contributed by atoms with E-state index in [-0.39, 0.29) is 12.0 Å². The van der Waals surface area contributed by atoms with Crippen LogP contribution in [0.2, 0.25) is 0 Å². The molecule has 94 valence electrons. The van der Waals surface area contributed by atoms with Crippen LogP contribution < -0.4 is 0 Å². The number of ether oxygens (including phenoxy) is 2. The zero-order valence-corrected chi connectivity index (χ0v) is 9.54. The molecule has 0 radical (unpaired) electrons. The highest BCUT2D eigenvalue weighted by Gasteiger charge is 2.35. The van der Waals surface area contributed by atoms with Gasteiger partial charge in [-0.15, -0.1) is 0 Å². The monoisotopic (exact) mass is 242 g/mol. The number of esters is 1. The Morgan fingerprint density at radius 1 is 1.59 bits per heavy atom. The number of aliphatic hydroxyl groups excluding tert-OH is 1. The third-order valence-electron chi connectivity index (χ3n) is 2.52. The topological polar surface area (TPSA) is 93.1 Å². The molecule has 0 aromatic rings. The molecule has 2 N–H and O–H groups in total. The van der Waals surface area contributed by atoms with Gasteiger partial charge in [-0.1, -0.05) is 6.08 Å². The molecule has 0 saturated carbocycles. The molecule has 2 atom stereocenters. The Bertz CT molecular complexity index is 381. The fourth-order valence-electron chi connectivity index (χ4n) is 1.70. The van der Waals surface area contributed by atoms with Gasteiger partial charge in [-0.2, -0.15) is 0 Å². The van der Waals surface area contributed by atoms with E-state index < -0.39 is 24.1 Å². The number of carbonyl (C=O) groups is 2. The number of methoxy groups -OCH3 is 1. The van der Waals surface area contributed by atoms with Gasteiger partial charge in [0.2, 0.25) is 6.29 Å². The lowest BCUT2D eigenvalue weighted by atomic mass is 9.86. The van der Waals surface area contributed by atoms with Gasteiger partial charge in [-0.3, -0.25) is 4.79 Å². The van der Waals surface area contributed by atoms with Crippen LogP contribution in [0.25, 0.3) is 0 Å². The van der Waals surface area contributed by atoms with Crippen molar-refractivity contribution in [3.8, 4) is 0 Å². The van der Waals surface area contributed by atoms with Crippen LogP contribution in [0.5, 0.6) is 0 Å². The highest BCUT2D eigenvalue weighted by Crippen LogP contribution is 2.32. The first-order valence-electron chi connectivity index (χ1n) is 5.01. The summed E-state index contributed by atoms with van der Waals surface area (Å²) in [5.74, 6) is -2.46. The summed E-state index contributed by atoms with van der Waals surface area (Å²) in [5.41, 5.74) is 0.434. The van der Waals surface area contributed by atoms with Crippen LogP contribution in [0.15, 0.2) is 23.5 Å². The average Bonchev–Trinajstić information content (AvgIpc) is 2.28. The molecule has 0 fully saturated rings. The lowest BCUT2D eigenvalue weighted by Gasteiger charge is -2.28. The molecule has 0 bridgehead atoms. The van der Waals surface area contributed by atoms with E-state index >= 15 is 0 Å². The molecule has 0 aromatic heterocycles. The number of aliphatic hydroxyl groups is 1. The van der Waals surface area contributed by atoms with Gasteiger partial charge in [0.1, 0.15) is 0 Å². The minimum atomic E-state index is -1.22. The predicted octanol–water partition coefficient (Wildman–Crippen LogP) is 0.429. The quantitative estimate of drug-likeness (QED) is 0.550. The van der Waals surface area contributed by atoms with Crippen LogP contribution in [0, 0.1) is 5.92 Å². The first-order valence-corrected chi connectivity index (χ1v) is 5.01. The molecule has 17 heavy (non-hydrogen) atoms. The van der Waals surface area contributed by atoms with E-state index in [9.17, 15) is 14.7 Å². The van der Waals surface area contributed by atoms with Crippen molar-refractivity contribution in [2.24, 2.45) is 5.92 Å². The molecule has 0 aromatic carbocycles. The maximum absolute atomic E-state index is 11.5. The first-order chi connectivity index (χ1) is 8.01. The third kappa shape index (κ3) is 2.85. The van der Waals surface area contributed by atoms with Crippen molar-refractivity contribution in [3.63, 3.8) is 0 Å². The summed E-state index contributed by atoms with van der Waals surface area (Å²) in [6.45, 7) is 1.64. The highest BCUT2D eigenvalue weighted by atomic mass is 16.6. The van der Waals surface area contributed by atoms with E-state index in [1.165, 1.54) is 13.2 Å². The maximum Gasteiger partial charge on any atom is 0.337 e. The van der Waals surface area contributed by atoms with Gasteiger partial charge in [-0.05, 0) is 6.92 Å². The van der Waals surface area contributed by atoms with Crippen molar-refractivity contribution < 1.29 is 29.3 Å². The van der Waals surface area contributed by atoms with E-state index in [4.69, 9.17) is 9.84 Å². The second-order valence-corrected chi connectivity index (χ2v) is 3.49. The summed E-state index contributed by atoms with van der Waals surface area (Å²) < 4.78 is 9.40. The lowest BCUT2D eigenvalue weighted by Crippen LogP contribution is -2.30. The molecule has 1 aliphatic heterocycles. The molecule has 6 nitrogen and oxygen atoms in total. The molecule has 2 unspecified atom stereocenters. The molecule has 1 rings (SSSR count). The molecule has 0 saturated heterocycles. The third-order valence-corrected chi connectivity index (χ3v) is 2.52. The second kappa shape index (κ2) is 5.49. The SMILES string of the molecule is C/C=C1\C(O)OC=C(C(=O)OC)C1CC(=O)O. The Hall–Kier alpha value is -1.82. The molecular weight excluding hydrogens is 228 g/mol. The van der Waals surface area contributed by atoms with Crippen LogP contribution in [0.1, 0.15) is 13.3 Å². The van der Waals surface area contributed by atoms with Gasteiger partial charge < -0.3 is 19.7 Å². The number of carbonyl (C=O) groups excluding carboxylic acids is 1. The zero-order chi connectivity index (χ0) is 13.0. The van der Waals surface area contributed by atoms with Crippen molar-refractivity contribution in [2.75, 3.05) is 7.11 Å². The van der Waals surface area contributed by atoms with Gasteiger partial charge >= 0.3 is 11.9 Å².